The molecule has 2 saturated heterocycles. The molecule has 1 aromatic rings. The van der Waals surface area contributed by atoms with Gasteiger partial charge >= 0.3 is 0 Å². The molecule has 2 atom stereocenters. The number of rotatable bonds is 4. The quantitative estimate of drug-likeness (QED) is 0.419. The number of aryl methyl sites for hydroxylation is 2. The molecule has 0 amide bonds. The Kier molecular flexibility index (Phi) is 7.95. The number of nitrogens with one attached hydrogen (secondary N) is 1. The third kappa shape index (κ3) is 5.30. The molecular formula is C17H29IN4O3. The fraction of sp³-hybridized carbons (Fsp3) is 0.765. The van der Waals surface area contributed by atoms with Crippen LogP contribution in [0.25, 0.3) is 0 Å². The molecule has 2 aliphatic rings. The van der Waals surface area contributed by atoms with E-state index < -0.39 is 0 Å². The molecule has 0 radical (unpaired) electrons. The SMILES string of the molecule is CCNC(=NCc1nc(C)c(C)o1)N1CCOC(C2CCCO2)C1.I. The predicted molar refractivity (Wildman–Crippen MR) is 106 cm³/mol. The largest absolute Gasteiger partial charge is 0.444 e. The lowest BCUT2D eigenvalue weighted by molar-refractivity contribution is -0.0817. The van der Waals surface area contributed by atoms with E-state index >= 15 is 0 Å². The molecule has 142 valence electrons. The second-order valence-electron chi connectivity index (χ2n) is 6.33. The highest BCUT2D eigenvalue weighted by Crippen LogP contribution is 2.21. The molecule has 3 rings (SSSR count). The average molecular weight is 464 g/mol. The highest BCUT2D eigenvalue weighted by molar-refractivity contribution is 14.0. The molecule has 1 aromatic heterocycles. The lowest BCUT2D eigenvalue weighted by Crippen LogP contribution is -2.53. The topological polar surface area (TPSA) is 72.1 Å². The van der Waals surface area contributed by atoms with E-state index in [1.165, 1.54) is 0 Å². The highest BCUT2D eigenvalue weighted by Gasteiger charge is 2.32. The van der Waals surface area contributed by atoms with Crippen LogP contribution in [0.15, 0.2) is 9.41 Å². The lowest BCUT2D eigenvalue weighted by Gasteiger charge is -2.37. The third-order valence-corrected chi connectivity index (χ3v) is 4.54. The Bertz CT molecular complexity index is 553. The molecule has 2 aliphatic heterocycles. The van der Waals surface area contributed by atoms with Gasteiger partial charge in [0, 0.05) is 26.2 Å². The first-order chi connectivity index (χ1) is 11.7. The normalized spacial score (nSPS) is 24.3. The van der Waals surface area contributed by atoms with E-state index in [0.29, 0.717) is 19.0 Å². The maximum absolute atomic E-state index is 5.92. The van der Waals surface area contributed by atoms with Crippen molar-refractivity contribution in [2.45, 2.75) is 52.4 Å². The van der Waals surface area contributed by atoms with Gasteiger partial charge in [-0.1, -0.05) is 0 Å². The summed E-state index contributed by atoms with van der Waals surface area (Å²) >= 11 is 0. The second kappa shape index (κ2) is 9.72. The van der Waals surface area contributed by atoms with Crippen LogP contribution in [0.2, 0.25) is 0 Å². The first-order valence-corrected chi connectivity index (χ1v) is 8.86. The van der Waals surface area contributed by atoms with Gasteiger partial charge < -0.3 is 24.1 Å². The molecule has 2 fully saturated rings. The zero-order valence-electron chi connectivity index (χ0n) is 15.3. The minimum Gasteiger partial charge on any atom is -0.444 e. The minimum atomic E-state index is 0. The van der Waals surface area contributed by atoms with Gasteiger partial charge in [0.1, 0.15) is 18.4 Å². The molecule has 0 aromatic carbocycles. The number of nitrogens with zero attached hydrogens (tertiary/aromatic N) is 3. The molecule has 8 heteroatoms. The predicted octanol–water partition coefficient (Wildman–Crippen LogP) is 2.25. The Hall–Kier alpha value is -0.870. The maximum Gasteiger partial charge on any atom is 0.216 e. The second-order valence-corrected chi connectivity index (χ2v) is 6.33. The number of hydrogen-bond acceptors (Lipinski definition) is 5. The number of guanidine groups is 1. The van der Waals surface area contributed by atoms with E-state index in [9.17, 15) is 0 Å². The van der Waals surface area contributed by atoms with Gasteiger partial charge in [0.05, 0.1) is 18.4 Å². The highest BCUT2D eigenvalue weighted by atomic mass is 127. The van der Waals surface area contributed by atoms with Crippen LogP contribution in [0.3, 0.4) is 0 Å². The van der Waals surface area contributed by atoms with Crippen LogP contribution in [0.4, 0.5) is 0 Å². The van der Waals surface area contributed by atoms with Crippen molar-refractivity contribution in [2.75, 3.05) is 32.8 Å². The van der Waals surface area contributed by atoms with E-state index in [2.05, 4.69) is 22.1 Å². The Morgan fingerprint density at radius 3 is 2.72 bits per heavy atom. The number of aliphatic imine (C=N–C) groups is 1. The van der Waals surface area contributed by atoms with Crippen molar-refractivity contribution in [1.82, 2.24) is 15.2 Å². The summed E-state index contributed by atoms with van der Waals surface area (Å²) in [7, 11) is 0. The van der Waals surface area contributed by atoms with E-state index in [1.54, 1.807) is 0 Å². The van der Waals surface area contributed by atoms with Crippen LogP contribution < -0.4 is 5.32 Å². The summed E-state index contributed by atoms with van der Waals surface area (Å²) in [6.07, 6.45) is 2.55. The van der Waals surface area contributed by atoms with Gasteiger partial charge in [-0.3, -0.25) is 0 Å². The maximum atomic E-state index is 5.92. The summed E-state index contributed by atoms with van der Waals surface area (Å²) in [5.41, 5.74) is 0.926. The Balaban J connectivity index is 0.00000225. The Morgan fingerprint density at radius 2 is 2.08 bits per heavy atom. The van der Waals surface area contributed by atoms with Crippen LogP contribution in [0.5, 0.6) is 0 Å². The van der Waals surface area contributed by atoms with Crippen molar-refractivity contribution in [3.8, 4) is 0 Å². The molecule has 2 unspecified atom stereocenters. The smallest absolute Gasteiger partial charge is 0.216 e. The number of aromatic nitrogens is 1. The summed E-state index contributed by atoms with van der Waals surface area (Å²) in [4.78, 5) is 11.4. The molecular weight excluding hydrogens is 435 g/mol. The fourth-order valence-corrected chi connectivity index (χ4v) is 3.16. The van der Waals surface area contributed by atoms with E-state index in [1.807, 2.05) is 13.8 Å². The van der Waals surface area contributed by atoms with Crippen molar-refractivity contribution >= 4 is 29.9 Å². The minimum absolute atomic E-state index is 0. The van der Waals surface area contributed by atoms with Gasteiger partial charge in [0.15, 0.2) is 5.96 Å². The lowest BCUT2D eigenvalue weighted by atomic mass is 10.1. The summed E-state index contributed by atoms with van der Waals surface area (Å²) in [5, 5.41) is 3.37. The molecule has 1 N–H and O–H groups in total. The van der Waals surface area contributed by atoms with Crippen molar-refractivity contribution in [3.63, 3.8) is 0 Å². The standard InChI is InChI=1S/C17H28N4O3.HI/c1-4-18-17(19-10-16-20-12(2)13(3)24-16)21-7-9-23-15(11-21)14-6-5-8-22-14;/h14-15H,4-11H2,1-3H3,(H,18,19);1H. The number of halogens is 1. The van der Waals surface area contributed by atoms with Gasteiger partial charge in [0.2, 0.25) is 5.89 Å². The zero-order chi connectivity index (χ0) is 16.9. The summed E-state index contributed by atoms with van der Waals surface area (Å²) in [6, 6.07) is 0. The Labute approximate surface area is 166 Å². The van der Waals surface area contributed by atoms with Crippen LogP contribution in [0, 0.1) is 13.8 Å². The van der Waals surface area contributed by atoms with E-state index in [0.717, 1.165) is 56.5 Å². The average Bonchev–Trinajstić information content (AvgIpc) is 3.22. The number of morpholine rings is 1. The van der Waals surface area contributed by atoms with Gasteiger partial charge in [-0.05, 0) is 33.6 Å². The van der Waals surface area contributed by atoms with E-state index in [4.69, 9.17) is 18.9 Å². The summed E-state index contributed by atoms with van der Waals surface area (Å²) in [5.74, 6) is 2.40. The molecule has 7 nitrogen and oxygen atoms in total. The van der Waals surface area contributed by atoms with Gasteiger partial charge in [-0.15, -0.1) is 24.0 Å². The first-order valence-electron chi connectivity index (χ1n) is 8.86. The fourth-order valence-electron chi connectivity index (χ4n) is 3.16. The third-order valence-electron chi connectivity index (χ3n) is 4.54. The molecule has 0 bridgehead atoms. The Morgan fingerprint density at radius 1 is 1.28 bits per heavy atom. The first kappa shape index (κ1) is 20.4. The molecule has 0 saturated carbocycles. The van der Waals surface area contributed by atoms with Crippen molar-refractivity contribution < 1.29 is 13.9 Å². The number of ether oxygens (including phenoxy) is 2. The van der Waals surface area contributed by atoms with Crippen molar-refractivity contribution in [2.24, 2.45) is 4.99 Å². The molecule has 3 heterocycles. The summed E-state index contributed by atoms with van der Waals surface area (Å²) < 4.78 is 17.3. The van der Waals surface area contributed by atoms with Crippen LogP contribution in [-0.4, -0.2) is 60.9 Å². The van der Waals surface area contributed by atoms with Crippen molar-refractivity contribution in [1.29, 1.82) is 0 Å². The molecule has 0 spiro atoms. The van der Waals surface area contributed by atoms with Crippen LogP contribution in [0.1, 0.15) is 37.1 Å². The number of hydrogen-bond donors (Lipinski definition) is 1. The number of oxazole rings is 1. The molecule has 0 aliphatic carbocycles. The van der Waals surface area contributed by atoms with Crippen LogP contribution in [-0.2, 0) is 16.0 Å². The zero-order valence-corrected chi connectivity index (χ0v) is 17.6. The van der Waals surface area contributed by atoms with Gasteiger partial charge in [-0.25, -0.2) is 9.98 Å². The summed E-state index contributed by atoms with van der Waals surface area (Å²) in [6.45, 7) is 10.4. The van der Waals surface area contributed by atoms with E-state index in [-0.39, 0.29) is 36.2 Å². The van der Waals surface area contributed by atoms with Crippen molar-refractivity contribution in [3.05, 3.63) is 17.3 Å². The van der Waals surface area contributed by atoms with Crippen LogP contribution >= 0.6 is 24.0 Å². The van der Waals surface area contributed by atoms with Gasteiger partial charge in [-0.2, -0.15) is 0 Å². The van der Waals surface area contributed by atoms with Gasteiger partial charge in [0.25, 0.3) is 0 Å². The molecule has 25 heavy (non-hydrogen) atoms. The monoisotopic (exact) mass is 464 g/mol.